The third-order valence-electron chi connectivity index (χ3n) is 3.36. The maximum absolute atomic E-state index is 12.5. The summed E-state index contributed by atoms with van der Waals surface area (Å²) in [6.45, 7) is 0. The summed E-state index contributed by atoms with van der Waals surface area (Å²) in [5.74, 6) is -6.28. The lowest BCUT2D eigenvalue weighted by Gasteiger charge is -2.32. The molecule has 0 aromatic carbocycles. The van der Waals surface area contributed by atoms with Gasteiger partial charge < -0.3 is 20.7 Å². The predicted molar refractivity (Wildman–Crippen MR) is 103 cm³/mol. The van der Waals surface area contributed by atoms with Crippen LogP contribution in [0.25, 0.3) is 0 Å². The molecule has 0 unspecified atom stereocenters. The summed E-state index contributed by atoms with van der Waals surface area (Å²) in [7, 11) is 2.41. The Kier molecular flexibility index (Phi) is 11.1. The number of alkyl halides is 3. The summed E-state index contributed by atoms with van der Waals surface area (Å²) in [6, 6.07) is -2.39. The van der Waals surface area contributed by atoms with E-state index in [9.17, 15) is 32.3 Å². The van der Waals surface area contributed by atoms with Gasteiger partial charge in [-0.2, -0.15) is 51.1 Å². The van der Waals surface area contributed by atoms with E-state index in [-0.39, 0.29) is 11.5 Å². The number of carbonyl (C=O) groups excluding carboxylic acids is 4. The highest BCUT2D eigenvalue weighted by Gasteiger charge is 2.49. The van der Waals surface area contributed by atoms with Crippen LogP contribution in [0.1, 0.15) is 0 Å². The molecular formula is C13H21F3N4O5S3. The lowest BCUT2D eigenvalue weighted by atomic mass is 10.2. The molecule has 0 saturated carbocycles. The predicted octanol–water partition coefficient (Wildman–Crippen LogP) is -1.49. The number of rotatable bonds is 10. The minimum atomic E-state index is -5.35. The van der Waals surface area contributed by atoms with E-state index in [4.69, 9.17) is 0 Å². The smallest absolute Gasteiger partial charge is 0.427 e. The molecule has 0 spiro atoms. The molecule has 0 radical (unpaired) electrons. The molecule has 0 aliphatic rings. The zero-order valence-corrected chi connectivity index (χ0v) is 17.5. The number of nitrogens with one attached hydrogen (secondary N) is 4. The fraction of sp³-hybridized carbons (Fsp3) is 0.692. The molecule has 0 rings (SSSR count). The van der Waals surface area contributed by atoms with E-state index in [0.29, 0.717) is 0 Å². The van der Waals surface area contributed by atoms with Crippen LogP contribution >= 0.6 is 37.9 Å². The van der Waals surface area contributed by atoms with Gasteiger partial charge in [0.15, 0.2) is 0 Å². The molecule has 9 nitrogen and oxygen atoms in total. The van der Waals surface area contributed by atoms with Crippen LogP contribution in [0, 0.1) is 0 Å². The molecule has 3 amide bonds. The van der Waals surface area contributed by atoms with Crippen LogP contribution in [-0.4, -0.2) is 79.0 Å². The van der Waals surface area contributed by atoms with Gasteiger partial charge in [0.25, 0.3) is 11.6 Å². The van der Waals surface area contributed by atoms with Crippen molar-refractivity contribution in [2.24, 2.45) is 0 Å². The quantitative estimate of drug-likeness (QED) is 0.120. The Morgan fingerprint density at radius 1 is 0.929 bits per heavy atom. The molecule has 4 N–H and O–H groups in total. The Morgan fingerprint density at radius 3 is 1.79 bits per heavy atom. The number of esters is 1. The summed E-state index contributed by atoms with van der Waals surface area (Å²) < 4.78 is 41.7. The van der Waals surface area contributed by atoms with E-state index in [1.165, 1.54) is 7.05 Å². The molecule has 0 aromatic rings. The van der Waals surface area contributed by atoms with Crippen molar-refractivity contribution in [2.45, 2.75) is 24.0 Å². The van der Waals surface area contributed by atoms with Crippen molar-refractivity contribution in [2.75, 3.05) is 31.4 Å². The van der Waals surface area contributed by atoms with E-state index >= 15 is 0 Å². The van der Waals surface area contributed by atoms with Crippen LogP contribution in [0.5, 0.6) is 0 Å². The van der Waals surface area contributed by atoms with Gasteiger partial charge in [0.05, 0.1) is 5.75 Å². The first-order valence-electron chi connectivity index (χ1n) is 7.57. The second-order valence-electron chi connectivity index (χ2n) is 5.19. The van der Waals surface area contributed by atoms with Crippen molar-refractivity contribution in [1.29, 1.82) is 0 Å². The van der Waals surface area contributed by atoms with Crippen molar-refractivity contribution < 1.29 is 37.1 Å². The third kappa shape index (κ3) is 7.25. The molecule has 0 aliphatic heterocycles. The lowest BCUT2D eigenvalue weighted by molar-refractivity contribution is -0.214. The first-order chi connectivity index (χ1) is 12.9. The molecule has 162 valence electrons. The van der Waals surface area contributed by atoms with Crippen molar-refractivity contribution >= 4 is 61.6 Å². The molecule has 0 bridgehead atoms. The topological polar surface area (TPSA) is 126 Å². The van der Waals surface area contributed by atoms with E-state index in [0.717, 1.165) is 7.05 Å². The van der Waals surface area contributed by atoms with Gasteiger partial charge in [-0.15, -0.1) is 0 Å². The minimum Gasteiger partial charge on any atom is -0.427 e. The van der Waals surface area contributed by atoms with Gasteiger partial charge in [-0.25, -0.2) is 4.79 Å². The van der Waals surface area contributed by atoms with Crippen molar-refractivity contribution in [1.82, 2.24) is 21.3 Å². The molecule has 3 atom stereocenters. The number of likely N-dealkylation sites (N-methyl/N-ethyl adjacent to an activating group) is 2. The second kappa shape index (κ2) is 11.6. The molecule has 0 heterocycles. The van der Waals surface area contributed by atoms with E-state index < -0.39 is 53.4 Å². The molecule has 0 aromatic heterocycles. The average molecular weight is 467 g/mol. The first-order valence-corrected chi connectivity index (χ1v) is 9.46. The van der Waals surface area contributed by atoms with Crippen LogP contribution in [0.2, 0.25) is 0 Å². The minimum absolute atomic E-state index is 0.0566. The van der Waals surface area contributed by atoms with Crippen molar-refractivity contribution in [3.8, 4) is 0 Å². The second-order valence-corrected chi connectivity index (χ2v) is 6.24. The summed E-state index contributed by atoms with van der Waals surface area (Å²) in [6.07, 6.45) is -5.35. The van der Waals surface area contributed by atoms with E-state index in [1.807, 2.05) is 0 Å². The summed E-state index contributed by atoms with van der Waals surface area (Å²) in [5, 5.41) is 8.88. The lowest BCUT2D eigenvalue weighted by Crippen LogP contribution is -2.64. The number of carbonyl (C=O) groups is 4. The monoisotopic (exact) mass is 466 g/mol. The normalized spacial score (nSPS) is 15.6. The Balaban J connectivity index is 5.38. The van der Waals surface area contributed by atoms with Crippen LogP contribution in [-0.2, 0) is 23.9 Å². The number of hydrogen-bond donors (Lipinski definition) is 7. The fourth-order valence-electron chi connectivity index (χ4n) is 1.72. The van der Waals surface area contributed by atoms with E-state index in [1.54, 1.807) is 0 Å². The van der Waals surface area contributed by atoms with Crippen LogP contribution in [0.3, 0.4) is 0 Å². The molecule has 0 aliphatic carbocycles. The molecule has 0 saturated heterocycles. The Morgan fingerprint density at radius 2 is 1.43 bits per heavy atom. The first kappa shape index (κ1) is 26.7. The molecule has 28 heavy (non-hydrogen) atoms. The summed E-state index contributed by atoms with van der Waals surface area (Å²) in [5.41, 5.74) is -2.50. The van der Waals surface area contributed by atoms with Gasteiger partial charge in [0.2, 0.25) is 11.8 Å². The number of ether oxygens (including phenoxy) is 1. The zero-order valence-electron chi connectivity index (χ0n) is 14.8. The van der Waals surface area contributed by atoms with Crippen molar-refractivity contribution in [3.05, 3.63) is 0 Å². The van der Waals surface area contributed by atoms with Gasteiger partial charge in [-0.05, 0) is 7.05 Å². The number of amides is 3. The highest BCUT2D eigenvalue weighted by molar-refractivity contribution is 7.80. The maximum atomic E-state index is 12.5. The number of thiol groups is 3. The average Bonchev–Trinajstić information content (AvgIpc) is 2.66. The van der Waals surface area contributed by atoms with Crippen LogP contribution in [0.15, 0.2) is 0 Å². The van der Waals surface area contributed by atoms with Crippen LogP contribution < -0.4 is 21.3 Å². The van der Waals surface area contributed by atoms with Crippen molar-refractivity contribution in [3.63, 3.8) is 0 Å². The zero-order chi connectivity index (χ0) is 22.1. The maximum Gasteiger partial charge on any atom is 0.491 e. The fourth-order valence-corrected chi connectivity index (χ4v) is 2.60. The largest absolute Gasteiger partial charge is 0.491 e. The van der Waals surface area contributed by atoms with Gasteiger partial charge >= 0.3 is 12.1 Å². The van der Waals surface area contributed by atoms with Gasteiger partial charge in [0.1, 0.15) is 12.1 Å². The Hall–Kier alpha value is -1.32. The summed E-state index contributed by atoms with van der Waals surface area (Å²) >= 11 is 11.6. The highest BCUT2D eigenvalue weighted by Crippen LogP contribution is 2.21. The van der Waals surface area contributed by atoms with Crippen LogP contribution in [0.4, 0.5) is 13.2 Å². The van der Waals surface area contributed by atoms with Gasteiger partial charge in [-0.3, -0.25) is 19.7 Å². The molecule has 0 fully saturated rings. The highest BCUT2D eigenvalue weighted by atomic mass is 32.1. The number of hydrogen-bond acceptors (Lipinski definition) is 9. The Bertz CT molecular complexity index is 590. The summed E-state index contributed by atoms with van der Waals surface area (Å²) in [4.78, 5) is 47.5. The van der Waals surface area contributed by atoms with Gasteiger partial charge in [0, 0.05) is 18.6 Å². The number of halogens is 3. The molecular weight excluding hydrogens is 445 g/mol. The Labute approximate surface area is 175 Å². The molecule has 15 heteroatoms. The van der Waals surface area contributed by atoms with Gasteiger partial charge in [-0.1, -0.05) is 0 Å². The standard InChI is InChI=1S/C13H21F3N4O5S3/c1-17-8(21)6(3-26)19-9(22)7(4-27)20-10(23)12(5-28,18-2)25-11(24)13(14,15)16/h6-7,18,26-28H,3-5H2,1-2H3,(H,17,21)(H,19,22)(H,20,23)/t6-,7-,12-/m0/s1. The SMILES string of the molecule is CNC(=O)[C@H](CS)NC(=O)[C@H](CS)NC(=O)[C@@](CS)(NC)OC(=O)C(F)(F)F. The third-order valence-corrected chi connectivity index (χ3v) is 4.53. The van der Waals surface area contributed by atoms with E-state index in [2.05, 4.69) is 63.9 Å².